The van der Waals surface area contributed by atoms with E-state index >= 15 is 0 Å². The van der Waals surface area contributed by atoms with Crippen molar-refractivity contribution in [2.24, 2.45) is 22.7 Å². The standard InChI is InChI=1S/C12H23N/c1-4-11(9-13-3)12-8-6-5-7-10(12)2/h10-12H,3-9H2,1-2H3. The second-order valence-electron chi connectivity index (χ2n) is 4.50. The Bertz CT molecular complexity index is 153. The van der Waals surface area contributed by atoms with Crippen molar-refractivity contribution in [3.8, 4) is 0 Å². The van der Waals surface area contributed by atoms with Crippen LogP contribution in [-0.2, 0) is 0 Å². The Labute approximate surface area is 82.6 Å². The van der Waals surface area contributed by atoms with Gasteiger partial charge in [0.25, 0.3) is 0 Å². The molecule has 1 heteroatoms. The minimum atomic E-state index is 0.799. The van der Waals surface area contributed by atoms with Gasteiger partial charge in [0.1, 0.15) is 0 Å². The topological polar surface area (TPSA) is 12.4 Å². The van der Waals surface area contributed by atoms with Crippen LogP contribution in [0.2, 0.25) is 0 Å². The molecule has 0 heterocycles. The molecule has 0 bridgehead atoms. The average Bonchev–Trinajstić information content (AvgIpc) is 2.16. The van der Waals surface area contributed by atoms with Crippen LogP contribution in [0, 0.1) is 17.8 Å². The van der Waals surface area contributed by atoms with E-state index in [1.165, 1.54) is 32.1 Å². The van der Waals surface area contributed by atoms with Gasteiger partial charge in [0.2, 0.25) is 0 Å². The van der Waals surface area contributed by atoms with Crippen molar-refractivity contribution < 1.29 is 0 Å². The zero-order valence-corrected chi connectivity index (χ0v) is 9.13. The van der Waals surface area contributed by atoms with Gasteiger partial charge in [0, 0.05) is 6.54 Å². The van der Waals surface area contributed by atoms with Crippen molar-refractivity contribution in [2.45, 2.75) is 46.0 Å². The summed E-state index contributed by atoms with van der Waals surface area (Å²) < 4.78 is 0. The van der Waals surface area contributed by atoms with Gasteiger partial charge in [-0.15, -0.1) is 0 Å². The zero-order chi connectivity index (χ0) is 9.68. The molecule has 76 valence electrons. The monoisotopic (exact) mass is 181 g/mol. The highest BCUT2D eigenvalue weighted by atomic mass is 14.7. The summed E-state index contributed by atoms with van der Waals surface area (Å²) in [7, 11) is 0. The van der Waals surface area contributed by atoms with Crippen molar-refractivity contribution in [2.75, 3.05) is 6.54 Å². The van der Waals surface area contributed by atoms with Crippen LogP contribution in [-0.4, -0.2) is 13.3 Å². The molecule has 3 atom stereocenters. The van der Waals surface area contributed by atoms with Crippen molar-refractivity contribution >= 4 is 6.72 Å². The molecule has 0 radical (unpaired) electrons. The minimum Gasteiger partial charge on any atom is -0.301 e. The van der Waals surface area contributed by atoms with Crippen molar-refractivity contribution in [1.82, 2.24) is 0 Å². The number of rotatable bonds is 4. The predicted molar refractivity (Wildman–Crippen MR) is 59.3 cm³/mol. The fourth-order valence-corrected chi connectivity index (χ4v) is 2.78. The van der Waals surface area contributed by atoms with Gasteiger partial charge >= 0.3 is 0 Å². The lowest BCUT2D eigenvalue weighted by Gasteiger charge is -2.34. The third-order valence-electron chi connectivity index (χ3n) is 3.67. The summed E-state index contributed by atoms with van der Waals surface area (Å²) in [6.45, 7) is 9.30. The maximum absolute atomic E-state index is 4.07. The summed E-state index contributed by atoms with van der Waals surface area (Å²) in [5.41, 5.74) is 0. The molecule has 1 saturated carbocycles. The molecule has 13 heavy (non-hydrogen) atoms. The predicted octanol–water partition coefficient (Wildman–Crippen LogP) is 3.54. The van der Waals surface area contributed by atoms with E-state index < -0.39 is 0 Å². The Hall–Kier alpha value is -0.330. The molecule has 0 aliphatic heterocycles. The normalized spacial score (nSPS) is 31.2. The molecule has 1 nitrogen and oxygen atoms in total. The maximum atomic E-state index is 4.07. The van der Waals surface area contributed by atoms with Gasteiger partial charge in [-0.1, -0.05) is 39.5 Å². The van der Waals surface area contributed by atoms with Gasteiger partial charge in [0.15, 0.2) is 0 Å². The summed E-state index contributed by atoms with van der Waals surface area (Å²) in [4.78, 5) is 4.07. The molecule has 1 aliphatic carbocycles. The van der Waals surface area contributed by atoms with E-state index in [0.29, 0.717) is 0 Å². The van der Waals surface area contributed by atoms with E-state index in [1.807, 2.05) is 0 Å². The second kappa shape index (κ2) is 5.41. The third-order valence-corrected chi connectivity index (χ3v) is 3.67. The van der Waals surface area contributed by atoms with E-state index in [2.05, 4.69) is 25.6 Å². The number of hydrogen-bond donors (Lipinski definition) is 0. The molecule has 0 aromatic carbocycles. The summed E-state index contributed by atoms with van der Waals surface area (Å²) >= 11 is 0. The molecular weight excluding hydrogens is 158 g/mol. The minimum absolute atomic E-state index is 0.799. The van der Waals surface area contributed by atoms with E-state index in [-0.39, 0.29) is 0 Å². The first-order valence-electron chi connectivity index (χ1n) is 5.72. The van der Waals surface area contributed by atoms with E-state index in [1.54, 1.807) is 0 Å². The van der Waals surface area contributed by atoms with Crippen molar-refractivity contribution in [3.63, 3.8) is 0 Å². The molecule has 3 unspecified atom stereocenters. The molecule has 1 aliphatic rings. The second-order valence-corrected chi connectivity index (χ2v) is 4.50. The van der Waals surface area contributed by atoms with Crippen LogP contribution in [0.4, 0.5) is 0 Å². The zero-order valence-electron chi connectivity index (χ0n) is 9.13. The van der Waals surface area contributed by atoms with Crippen LogP contribution in [0.15, 0.2) is 4.99 Å². The molecular formula is C12H23N. The Morgan fingerprint density at radius 2 is 2.08 bits per heavy atom. The van der Waals surface area contributed by atoms with Crippen molar-refractivity contribution in [3.05, 3.63) is 0 Å². The highest BCUT2D eigenvalue weighted by molar-refractivity contribution is 5.23. The van der Waals surface area contributed by atoms with Gasteiger partial charge < -0.3 is 4.99 Å². The SMILES string of the molecule is C=NCC(CC)C1CCCCC1C. The molecule has 0 spiro atoms. The molecule has 1 rings (SSSR count). The van der Waals surface area contributed by atoms with Crippen LogP contribution in [0.3, 0.4) is 0 Å². The van der Waals surface area contributed by atoms with Gasteiger partial charge in [0.05, 0.1) is 0 Å². The third kappa shape index (κ3) is 2.82. The lowest BCUT2D eigenvalue weighted by Crippen LogP contribution is -2.26. The highest BCUT2D eigenvalue weighted by Crippen LogP contribution is 2.36. The van der Waals surface area contributed by atoms with Crippen LogP contribution >= 0.6 is 0 Å². The Kier molecular flexibility index (Phi) is 4.47. The van der Waals surface area contributed by atoms with E-state index in [9.17, 15) is 0 Å². The first-order chi connectivity index (χ1) is 6.29. The van der Waals surface area contributed by atoms with Gasteiger partial charge in [-0.2, -0.15) is 0 Å². The maximum Gasteiger partial charge on any atom is 0.0413 e. The van der Waals surface area contributed by atoms with Crippen LogP contribution in [0.1, 0.15) is 46.0 Å². The van der Waals surface area contributed by atoms with Gasteiger partial charge in [-0.05, 0) is 30.9 Å². The summed E-state index contributed by atoms with van der Waals surface area (Å²) in [6.07, 6.45) is 7.00. The molecule has 0 aromatic heterocycles. The van der Waals surface area contributed by atoms with Crippen LogP contribution < -0.4 is 0 Å². The molecule has 1 fully saturated rings. The lowest BCUT2D eigenvalue weighted by molar-refractivity contribution is 0.174. The fourth-order valence-electron chi connectivity index (χ4n) is 2.78. The van der Waals surface area contributed by atoms with Gasteiger partial charge in [-0.3, -0.25) is 0 Å². The smallest absolute Gasteiger partial charge is 0.0413 e. The number of aliphatic imine (C=N–C) groups is 1. The average molecular weight is 181 g/mol. The van der Waals surface area contributed by atoms with E-state index in [4.69, 9.17) is 0 Å². The lowest BCUT2D eigenvalue weighted by atomic mass is 9.72. The van der Waals surface area contributed by atoms with Crippen LogP contribution in [0.5, 0.6) is 0 Å². The molecule has 0 saturated heterocycles. The number of nitrogens with zero attached hydrogens (tertiary/aromatic N) is 1. The quantitative estimate of drug-likeness (QED) is 0.588. The molecule has 0 aromatic rings. The summed E-state index contributed by atoms with van der Waals surface area (Å²) in [5, 5.41) is 0. The first kappa shape index (κ1) is 10.7. The Balaban J connectivity index is 2.49. The van der Waals surface area contributed by atoms with Gasteiger partial charge in [-0.25, -0.2) is 0 Å². The Morgan fingerprint density at radius 3 is 2.62 bits per heavy atom. The van der Waals surface area contributed by atoms with E-state index in [0.717, 1.165) is 24.3 Å². The largest absolute Gasteiger partial charge is 0.301 e. The summed E-state index contributed by atoms with van der Waals surface area (Å²) in [6, 6.07) is 0. The Morgan fingerprint density at radius 1 is 1.38 bits per heavy atom. The summed E-state index contributed by atoms with van der Waals surface area (Å²) in [5.74, 6) is 2.64. The van der Waals surface area contributed by atoms with Crippen LogP contribution in [0.25, 0.3) is 0 Å². The molecule has 0 amide bonds. The first-order valence-corrected chi connectivity index (χ1v) is 5.72. The van der Waals surface area contributed by atoms with Crippen molar-refractivity contribution in [1.29, 1.82) is 0 Å². The fraction of sp³-hybridized carbons (Fsp3) is 0.917. The highest BCUT2D eigenvalue weighted by Gasteiger charge is 2.27. The number of hydrogen-bond acceptors (Lipinski definition) is 1. The molecule has 0 N–H and O–H groups in total.